The Morgan fingerprint density at radius 1 is 1.61 bits per heavy atom. The molecule has 2 heterocycles. The van der Waals surface area contributed by atoms with Crippen LogP contribution in [0, 0.1) is 0 Å². The molecule has 0 aliphatic heterocycles. The van der Waals surface area contributed by atoms with Gasteiger partial charge in [0.15, 0.2) is 0 Å². The van der Waals surface area contributed by atoms with E-state index in [0.29, 0.717) is 6.42 Å². The van der Waals surface area contributed by atoms with Gasteiger partial charge in [0.05, 0.1) is 28.2 Å². The molecule has 98 valence electrons. The zero-order valence-corrected chi connectivity index (χ0v) is 12.1. The minimum atomic E-state index is -0.0589. The maximum atomic E-state index is 5.60. The molecule has 18 heavy (non-hydrogen) atoms. The molecule has 2 rings (SSSR count). The number of aromatic nitrogens is 2. The summed E-state index contributed by atoms with van der Waals surface area (Å²) >= 11 is 3.60. The second-order valence-corrected chi connectivity index (χ2v) is 4.92. The van der Waals surface area contributed by atoms with Crippen LogP contribution in [0.15, 0.2) is 27.3 Å². The van der Waals surface area contributed by atoms with Gasteiger partial charge in [0.25, 0.3) is 0 Å². The van der Waals surface area contributed by atoms with Crippen LogP contribution in [-0.4, -0.2) is 9.78 Å². The number of hydrogen-bond acceptors (Lipinski definition) is 4. The SMILES string of the molecule is CCc1nn(C)c(CC(NN)c2ccco2)c1Br. The lowest BCUT2D eigenvalue weighted by Crippen LogP contribution is -2.29. The van der Waals surface area contributed by atoms with E-state index < -0.39 is 0 Å². The first-order chi connectivity index (χ1) is 8.67. The van der Waals surface area contributed by atoms with Crippen LogP contribution in [0.5, 0.6) is 0 Å². The molecule has 5 nitrogen and oxygen atoms in total. The molecule has 0 aliphatic carbocycles. The minimum absolute atomic E-state index is 0.0589. The first kappa shape index (κ1) is 13.3. The molecule has 0 fully saturated rings. The lowest BCUT2D eigenvalue weighted by molar-refractivity contribution is 0.409. The highest BCUT2D eigenvalue weighted by Crippen LogP contribution is 2.26. The van der Waals surface area contributed by atoms with E-state index in [2.05, 4.69) is 33.4 Å². The monoisotopic (exact) mass is 312 g/mol. The van der Waals surface area contributed by atoms with Gasteiger partial charge in [-0.2, -0.15) is 5.10 Å². The third kappa shape index (κ3) is 2.50. The van der Waals surface area contributed by atoms with Crippen LogP contribution in [0.1, 0.15) is 30.1 Å². The summed E-state index contributed by atoms with van der Waals surface area (Å²) in [5.74, 6) is 6.42. The standard InChI is InChI=1S/C12H17BrN4O/c1-3-8-12(13)10(17(2)16-8)7-9(15-14)11-5-4-6-18-11/h4-6,9,15H,3,7,14H2,1-2H3. The summed E-state index contributed by atoms with van der Waals surface area (Å²) in [6.45, 7) is 2.09. The van der Waals surface area contributed by atoms with Gasteiger partial charge in [0.2, 0.25) is 0 Å². The average molecular weight is 313 g/mol. The van der Waals surface area contributed by atoms with Crippen LogP contribution >= 0.6 is 15.9 Å². The maximum absolute atomic E-state index is 5.60. The quantitative estimate of drug-likeness (QED) is 0.655. The molecular formula is C12H17BrN4O. The fourth-order valence-electron chi connectivity index (χ4n) is 1.97. The van der Waals surface area contributed by atoms with Gasteiger partial charge in [-0.3, -0.25) is 10.5 Å². The summed E-state index contributed by atoms with van der Waals surface area (Å²) in [7, 11) is 1.94. The van der Waals surface area contributed by atoms with Gasteiger partial charge >= 0.3 is 0 Å². The molecule has 2 aromatic rings. The number of nitrogens with zero attached hydrogens (tertiary/aromatic N) is 2. The van der Waals surface area contributed by atoms with Gasteiger partial charge in [0, 0.05) is 13.5 Å². The van der Waals surface area contributed by atoms with Crippen LogP contribution in [0.2, 0.25) is 0 Å². The van der Waals surface area contributed by atoms with Gasteiger partial charge in [-0.05, 0) is 34.5 Å². The summed E-state index contributed by atoms with van der Waals surface area (Å²) in [5, 5.41) is 4.47. The van der Waals surface area contributed by atoms with E-state index >= 15 is 0 Å². The average Bonchev–Trinajstić information content (AvgIpc) is 2.97. The molecule has 3 N–H and O–H groups in total. The number of nitrogens with two attached hydrogens (primary N) is 1. The Morgan fingerprint density at radius 2 is 2.39 bits per heavy atom. The molecule has 1 atom stereocenters. The van der Waals surface area contributed by atoms with Gasteiger partial charge in [-0.15, -0.1) is 0 Å². The van der Waals surface area contributed by atoms with Crippen molar-refractivity contribution in [1.29, 1.82) is 0 Å². The summed E-state index contributed by atoms with van der Waals surface area (Å²) in [6.07, 6.45) is 3.26. The van der Waals surface area contributed by atoms with Crippen molar-refractivity contribution >= 4 is 15.9 Å². The van der Waals surface area contributed by atoms with Crippen molar-refractivity contribution in [3.63, 3.8) is 0 Å². The van der Waals surface area contributed by atoms with Crippen molar-refractivity contribution in [1.82, 2.24) is 15.2 Å². The predicted molar refractivity (Wildman–Crippen MR) is 72.8 cm³/mol. The Hall–Kier alpha value is -1.11. The number of hydrazine groups is 1. The van der Waals surface area contributed by atoms with E-state index in [1.165, 1.54) is 0 Å². The molecule has 0 saturated heterocycles. The number of aryl methyl sites for hydroxylation is 2. The number of rotatable bonds is 5. The molecule has 0 saturated carbocycles. The highest BCUT2D eigenvalue weighted by Gasteiger charge is 2.19. The van der Waals surface area contributed by atoms with Crippen LogP contribution in [0.4, 0.5) is 0 Å². The van der Waals surface area contributed by atoms with Crippen molar-refractivity contribution in [2.75, 3.05) is 0 Å². The van der Waals surface area contributed by atoms with Gasteiger partial charge in [-0.25, -0.2) is 5.43 Å². The van der Waals surface area contributed by atoms with Gasteiger partial charge in [0.1, 0.15) is 5.76 Å². The van der Waals surface area contributed by atoms with Gasteiger partial charge in [-0.1, -0.05) is 6.92 Å². The van der Waals surface area contributed by atoms with Crippen molar-refractivity contribution in [3.05, 3.63) is 40.0 Å². The largest absolute Gasteiger partial charge is 0.468 e. The zero-order valence-electron chi connectivity index (χ0n) is 10.5. The molecule has 0 spiro atoms. The number of hydrogen-bond donors (Lipinski definition) is 2. The van der Waals surface area contributed by atoms with E-state index in [-0.39, 0.29) is 6.04 Å². The maximum Gasteiger partial charge on any atom is 0.122 e. The molecule has 0 aromatic carbocycles. The highest BCUT2D eigenvalue weighted by atomic mass is 79.9. The van der Waals surface area contributed by atoms with Crippen LogP contribution < -0.4 is 11.3 Å². The second-order valence-electron chi connectivity index (χ2n) is 4.12. The normalized spacial score (nSPS) is 12.9. The van der Waals surface area contributed by atoms with E-state index in [1.54, 1.807) is 6.26 Å². The molecule has 2 aromatic heterocycles. The molecule has 1 unspecified atom stereocenters. The summed E-state index contributed by atoms with van der Waals surface area (Å²) < 4.78 is 8.32. The third-order valence-electron chi connectivity index (χ3n) is 2.99. The topological polar surface area (TPSA) is 69.0 Å². The van der Waals surface area contributed by atoms with Crippen LogP contribution in [-0.2, 0) is 19.9 Å². The first-order valence-electron chi connectivity index (χ1n) is 5.87. The third-order valence-corrected chi connectivity index (χ3v) is 3.90. The van der Waals surface area contributed by atoms with E-state index in [1.807, 2.05) is 23.9 Å². The first-order valence-corrected chi connectivity index (χ1v) is 6.66. The van der Waals surface area contributed by atoms with E-state index in [9.17, 15) is 0 Å². The lowest BCUT2D eigenvalue weighted by atomic mass is 10.1. The van der Waals surface area contributed by atoms with Crippen molar-refractivity contribution in [2.24, 2.45) is 12.9 Å². The van der Waals surface area contributed by atoms with Crippen LogP contribution in [0.25, 0.3) is 0 Å². The highest BCUT2D eigenvalue weighted by molar-refractivity contribution is 9.10. The Bertz CT molecular complexity index is 506. The molecular weight excluding hydrogens is 296 g/mol. The Labute approximate surface area is 114 Å². The molecule has 0 aliphatic rings. The fourth-order valence-corrected chi connectivity index (χ4v) is 2.74. The van der Waals surface area contributed by atoms with Crippen molar-refractivity contribution in [2.45, 2.75) is 25.8 Å². The number of furan rings is 1. The lowest BCUT2D eigenvalue weighted by Gasteiger charge is -2.13. The van der Waals surface area contributed by atoms with Gasteiger partial charge < -0.3 is 4.42 Å². The minimum Gasteiger partial charge on any atom is -0.468 e. The Balaban J connectivity index is 2.25. The molecule has 0 amide bonds. The van der Waals surface area contributed by atoms with E-state index in [0.717, 1.165) is 28.0 Å². The number of nitrogens with one attached hydrogen (secondary N) is 1. The summed E-state index contributed by atoms with van der Waals surface area (Å²) in [5.41, 5.74) is 4.94. The smallest absolute Gasteiger partial charge is 0.122 e. The van der Waals surface area contributed by atoms with Crippen LogP contribution in [0.3, 0.4) is 0 Å². The Morgan fingerprint density at radius 3 is 2.89 bits per heavy atom. The molecule has 6 heteroatoms. The fraction of sp³-hybridized carbons (Fsp3) is 0.417. The van der Waals surface area contributed by atoms with Crippen molar-refractivity contribution in [3.8, 4) is 0 Å². The van der Waals surface area contributed by atoms with E-state index in [4.69, 9.17) is 10.3 Å². The Kier molecular flexibility index (Phi) is 4.21. The second kappa shape index (κ2) is 5.69. The summed E-state index contributed by atoms with van der Waals surface area (Å²) in [4.78, 5) is 0. The predicted octanol–water partition coefficient (Wildman–Crippen LogP) is 2.09. The summed E-state index contributed by atoms with van der Waals surface area (Å²) in [6, 6.07) is 3.71. The molecule has 0 bridgehead atoms. The zero-order chi connectivity index (χ0) is 13.1. The number of halogens is 1. The van der Waals surface area contributed by atoms with Crippen molar-refractivity contribution < 1.29 is 4.42 Å². The molecule has 0 radical (unpaired) electrons.